The average Bonchev–Trinajstić information content (AvgIpc) is 3.16. The molecule has 1 aromatic carbocycles. The molecule has 2 heterocycles. The van der Waals surface area contributed by atoms with Crippen molar-refractivity contribution in [1.29, 1.82) is 0 Å². The number of alkyl halides is 2. The van der Waals surface area contributed by atoms with Crippen molar-refractivity contribution >= 4 is 27.8 Å². The van der Waals surface area contributed by atoms with Crippen LogP contribution in [0, 0.1) is 13.8 Å². The monoisotopic (exact) mass is 438 g/mol. The quantitative estimate of drug-likeness (QED) is 0.638. The molecule has 1 amide bonds. The molecule has 0 atom stereocenters. The fourth-order valence-electron chi connectivity index (χ4n) is 2.53. The molecular weight excluding hydrogens is 422 g/mol. The van der Waals surface area contributed by atoms with Crippen LogP contribution in [0.4, 0.5) is 14.7 Å². The maximum Gasteiger partial charge on any atom is 0.283 e. The third kappa shape index (κ3) is 4.38. The lowest BCUT2D eigenvalue weighted by Crippen LogP contribution is -2.21. The van der Waals surface area contributed by atoms with Gasteiger partial charge in [0.15, 0.2) is 0 Å². The molecule has 0 aliphatic carbocycles. The summed E-state index contributed by atoms with van der Waals surface area (Å²) in [6, 6.07) is 7.91. The SMILES string of the molecule is Cc1ccccc1Cn1cnc(NC(=O)Cn2nc(C(F)F)c(Br)c2C)n1. The van der Waals surface area contributed by atoms with Crippen molar-refractivity contribution in [3.05, 3.63) is 57.6 Å². The van der Waals surface area contributed by atoms with Crippen molar-refractivity contribution in [2.24, 2.45) is 0 Å². The van der Waals surface area contributed by atoms with Crippen LogP contribution < -0.4 is 5.32 Å². The number of halogens is 3. The van der Waals surface area contributed by atoms with E-state index in [1.165, 1.54) is 11.0 Å². The first-order valence-electron chi connectivity index (χ1n) is 8.10. The Hall–Kier alpha value is -2.62. The van der Waals surface area contributed by atoms with Gasteiger partial charge in [0.1, 0.15) is 18.6 Å². The number of hydrogen-bond donors (Lipinski definition) is 1. The zero-order valence-electron chi connectivity index (χ0n) is 14.7. The van der Waals surface area contributed by atoms with Gasteiger partial charge in [-0.25, -0.2) is 18.4 Å². The number of anilines is 1. The molecule has 2 aromatic heterocycles. The molecule has 0 bridgehead atoms. The highest BCUT2D eigenvalue weighted by Gasteiger charge is 2.21. The molecule has 10 heteroatoms. The number of amides is 1. The highest BCUT2D eigenvalue weighted by atomic mass is 79.9. The van der Waals surface area contributed by atoms with Gasteiger partial charge in [-0.2, -0.15) is 5.10 Å². The summed E-state index contributed by atoms with van der Waals surface area (Å²) in [6.07, 6.45) is -1.20. The van der Waals surface area contributed by atoms with Crippen LogP contribution in [-0.4, -0.2) is 30.5 Å². The number of aryl methyl sites for hydroxylation is 1. The van der Waals surface area contributed by atoms with E-state index in [-0.39, 0.29) is 22.7 Å². The minimum Gasteiger partial charge on any atom is -0.292 e. The summed E-state index contributed by atoms with van der Waals surface area (Å²) in [6.45, 7) is 3.92. The number of aromatic nitrogens is 5. The van der Waals surface area contributed by atoms with Crippen LogP contribution in [0.25, 0.3) is 0 Å². The Balaban J connectivity index is 1.65. The standard InChI is InChI=1S/C17H17BrF2N6O/c1-10-5-3-4-6-12(10)7-25-9-21-17(24-25)22-13(27)8-26-11(2)14(18)15(23-26)16(19)20/h3-6,9,16H,7-8H2,1-2H3,(H,22,24,27). The normalized spacial score (nSPS) is 11.2. The molecule has 7 nitrogen and oxygen atoms in total. The number of nitrogens with one attached hydrogen (secondary N) is 1. The van der Waals surface area contributed by atoms with Crippen LogP contribution in [0.5, 0.6) is 0 Å². The molecule has 0 unspecified atom stereocenters. The van der Waals surface area contributed by atoms with Crippen molar-refractivity contribution in [1.82, 2.24) is 24.5 Å². The van der Waals surface area contributed by atoms with E-state index in [9.17, 15) is 13.6 Å². The van der Waals surface area contributed by atoms with Crippen molar-refractivity contribution in [3.63, 3.8) is 0 Å². The number of benzene rings is 1. The summed E-state index contributed by atoms with van der Waals surface area (Å²) < 4.78 is 28.8. The summed E-state index contributed by atoms with van der Waals surface area (Å²) in [5.74, 6) is -0.311. The van der Waals surface area contributed by atoms with E-state index in [1.54, 1.807) is 11.6 Å². The van der Waals surface area contributed by atoms with Gasteiger partial charge in [-0.05, 0) is 40.9 Å². The summed E-state index contributed by atoms with van der Waals surface area (Å²) in [7, 11) is 0. The molecule has 0 radical (unpaired) electrons. The van der Waals surface area contributed by atoms with Crippen LogP contribution in [0.1, 0.15) is 28.9 Å². The minimum absolute atomic E-state index is 0.145. The largest absolute Gasteiger partial charge is 0.292 e. The van der Waals surface area contributed by atoms with E-state index in [4.69, 9.17) is 0 Å². The predicted octanol–water partition coefficient (Wildman–Crippen LogP) is 3.48. The van der Waals surface area contributed by atoms with E-state index in [0.29, 0.717) is 12.2 Å². The first-order chi connectivity index (χ1) is 12.8. The summed E-state index contributed by atoms with van der Waals surface area (Å²) in [4.78, 5) is 16.2. The topological polar surface area (TPSA) is 77.6 Å². The molecule has 3 aromatic rings. The fourth-order valence-corrected chi connectivity index (χ4v) is 2.99. The minimum atomic E-state index is -2.72. The zero-order valence-corrected chi connectivity index (χ0v) is 16.2. The highest BCUT2D eigenvalue weighted by Crippen LogP contribution is 2.28. The predicted molar refractivity (Wildman–Crippen MR) is 98.6 cm³/mol. The lowest BCUT2D eigenvalue weighted by molar-refractivity contribution is -0.117. The first kappa shape index (κ1) is 19.2. The summed E-state index contributed by atoms with van der Waals surface area (Å²) in [5, 5.41) is 10.5. The molecule has 0 aliphatic rings. The van der Waals surface area contributed by atoms with Crippen LogP contribution in [0.15, 0.2) is 35.1 Å². The van der Waals surface area contributed by atoms with Gasteiger partial charge in [0.25, 0.3) is 6.43 Å². The van der Waals surface area contributed by atoms with Crippen LogP contribution >= 0.6 is 15.9 Å². The molecule has 0 saturated heterocycles. The third-order valence-corrected chi connectivity index (χ3v) is 5.02. The van der Waals surface area contributed by atoms with Gasteiger partial charge in [-0.15, -0.1) is 5.10 Å². The van der Waals surface area contributed by atoms with Gasteiger partial charge >= 0.3 is 0 Å². The second-order valence-electron chi connectivity index (χ2n) is 5.98. The molecule has 27 heavy (non-hydrogen) atoms. The van der Waals surface area contributed by atoms with Gasteiger partial charge in [-0.3, -0.25) is 14.8 Å². The second kappa shape index (κ2) is 7.95. The molecule has 0 saturated carbocycles. The molecule has 0 spiro atoms. The fraction of sp³-hybridized carbons (Fsp3) is 0.294. The van der Waals surface area contributed by atoms with Gasteiger partial charge in [0.05, 0.1) is 16.7 Å². The van der Waals surface area contributed by atoms with Crippen molar-refractivity contribution in [3.8, 4) is 0 Å². The zero-order chi connectivity index (χ0) is 19.6. The second-order valence-corrected chi connectivity index (χ2v) is 6.78. The smallest absolute Gasteiger partial charge is 0.283 e. The van der Waals surface area contributed by atoms with Crippen molar-refractivity contribution < 1.29 is 13.6 Å². The Morgan fingerprint density at radius 2 is 2.00 bits per heavy atom. The van der Waals surface area contributed by atoms with Crippen LogP contribution in [0.3, 0.4) is 0 Å². The Kier molecular flexibility index (Phi) is 5.64. The number of nitrogens with zero attached hydrogens (tertiary/aromatic N) is 5. The van der Waals surface area contributed by atoms with Gasteiger partial charge in [0.2, 0.25) is 11.9 Å². The molecule has 1 N–H and O–H groups in total. The van der Waals surface area contributed by atoms with Gasteiger partial charge in [-0.1, -0.05) is 24.3 Å². The highest BCUT2D eigenvalue weighted by molar-refractivity contribution is 9.10. The number of rotatable bonds is 6. The number of carbonyl (C=O) groups excluding carboxylic acids is 1. The van der Waals surface area contributed by atoms with Gasteiger partial charge < -0.3 is 0 Å². The van der Waals surface area contributed by atoms with Crippen molar-refractivity contribution in [2.75, 3.05) is 5.32 Å². The van der Waals surface area contributed by atoms with E-state index in [1.807, 2.05) is 31.2 Å². The Morgan fingerprint density at radius 1 is 1.26 bits per heavy atom. The lowest BCUT2D eigenvalue weighted by atomic mass is 10.1. The van der Waals surface area contributed by atoms with Crippen LogP contribution in [-0.2, 0) is 17.9 Å². The van der Waals surface area contributed by atoms with E-state index in [0.717, 1.165) is 11.1 Å². The summed E-state index contributed by atoms with van der Waals surface area (Å²) in [5.41, 5.74) is 2.28. The Labute approximate surface area is 162 Å². The molecule has 0 fully saturated rings. The van der Waals surface area contributed by atoms with Gasteiger partial charge in [0, 0.05) is 0 Å². The lowest BCUT2D eigenvalue weighted by Gasteiger charge is -2.05. The van der Waals surface area contributed by atoms with E-state index < -0.39 is 12.3 Å². The maximum absolute atomic E-state index is 12.9. The van der Waals surface area contributed by atoms with E-state index in [2.05, 4.69) is 36.4 Å². The number of carbonyl (C=O) groups is 1. The molecule has 0 aliphatic heterocycles. The van der Waals surface area contributed by atoms with Crippen molar-refractivity contribution in [2.45, 2.75) is 33.4 Å². The van der Waals surface area contributed by atoms with E-state index >= 15 is 0 Å². The average molecular weight is 439 g/mol. The molecular formula is C17H17BrF2N6O. The summed E-state index contributed by atoms with van der Waals surface area (Å²) >= 11 is 3.08. The first-order valence-corrected chi connectivity index (χ1v) is 8.89. The number of hydrogen-bond acceptors (Lipinski definition) is 4. The Bertz CT molecular complexity index is 968. The maximum atomic E-state index is 12.9. The Morgan fingerprint density at radius 3 is 2.67 bits per heavy atom. The molecule has 142 valence electrons. The molecule has 3 rings (SSSR count). The van der Waals surface area contributed by atoms with Crippen LogP contribution in [0.2, 0.25) is 0 Å². The third-order valence-electron chi connectivity index (χ3n) is 4.04.